The van der Waals surface area contributed by atoms with Crippen LogP contribution in [-0.4, -0.2) is 30.8 Å². The number of esters is 1. The Bertz CT molecular complexity index is 809. The maximum atomic E-state index is 12.4. The number of carbonyl (C=O) groups excluding carboxylic acids is 2. The highest BCUT2D eigenvalue weighted by molar-refractivity contribution is 5.96. The number of hydrogen-bond donors (Lipinski definition) is 1. The minimum Gasteiger partial charge on any atom is -0.452 e. The summed E-state index contributed by atoms with van der Waals surface area (Å²) in [4.78, 5) is 24.1. The third-order valence-corrected chi connectivity index (χ3v) is 6.49. The molecule has 0 spiro atoms. The quantitative estimate of drug-likeness (QED) is 0.589. The Morgan fingerprint density at radius 2 is 2.00 bits per heavy atom. The summed E-state index contributed by atoms with van der Waals surface area (Å²) >= 11 is 0. The minimum absolute atomic E-state index is 0.0484. The maximum absolute atomic E-state index is 12.4. The highest BCUT2D eigenvalue weighted by atomic mass is 19.3. The largest absolute Gasteiger partial charge is 0.452 e. The first-order chi connectivity index (χ1) is 13.1. The number of fused-ring (bicyclic) bond motifs is 2. The number of carbonyl (C=O) groups is 2. The maximum Gasteiger partial charge on any atom is 0.387 e. The standard InChI is InChI=1S/C20H24F2N2O4/c1-19(2)12-8-9-20(19,3)15(10-12)23-24-16(25)11-27-17(26)13-6-4-5-7-14(13)28-18(21)22/h4-7,12,18H,8-11H2,1-3H3,(H,24,25)/b23-15-. The average molecular weight is 394 g/mol. The van der Waals surface area contributed by atoms with Gasteiger partial charge < -0.3 is 9.47 Å². The zero-order valence-corrected chi connectivity index (χ0v) is 16.1. The number of amides is 1. The number of halogens is 2. The van der Waals surface area contributed by atoms with Gasteiger partial charge in [0.2, 0.25) is 0 Å². The molecule has 1 N–H and O–H groups in total. The molecule has 28 heavy (non-hydrogen) atoms. The van der Waals surface area contributed by atoms with E-state index in [0.717, 1.165) is 25.0 Å². The van der Waals surface area contributed by atoms with Crippen molar-refractivity contribution in [3.05, 3.63) is 29.8 Å². The van der Waals surface area contributed by atoms with Crippen LogP contribution in [0.4, 0.5) is 8.78 Å². The molecule has 2 aliphatic carbocycles. The lowest BCUT2D eigenvalue weighted by Gasteiger charge is -2.34. The Morgan fingerprint density at radius 3 is 2.61 bits per heavy atom. The molecule has 2 saturated carbocycles. The highest BCUT2D eigenvalue weighted by Crippen LogP contribution is 2.63. The normalized spacial score (nSPS) is 26.5. The smallest absolute Gasteiger partial charge is 0.387 e. The molecule has 8 heteroatoms. The first-order valence-electron chi connectivity index (χ1n) is 9.22. The molecule has 0 saturated heterocycles. The third kappa shape index (κ3) is 3.59. The molecule has 6 nitrogen and oxygen atoms in total. The number of hydrazone groups is 1. The predicted molar refractivity (Wildman–Crippen MR) is 98.2 cm³/mol. The van der Waals surface area contributed by atoms with Gasteiger partial charge in [-0.05, 0) is 42.7 Å². The summed E-state index contributed by atoms with van der Waals surface area (Å²) in [7, 11) is 0. The fourth-order valence-corrected chi connectivity index (χ4v) is 4.30. The third-order valence-electron chi connectivity index (χ3n) is 6.49. The summed E-state index contributed by atoms with van der Waals surface area (Å²) in [6.07, 6.45) is 3.05. The van der Waals surface area contributed by atoms with Gasteiger partial charge in [0, 0.05) is 11.1 Å². The topological polar surface area (TPSA) is 77.0 Å². The highest BCUT2D eigenvalue weighted by Gasteiger charge is 2.60. The van der Waals surface area contributed by atoms with Gasteiger partial charge in [0.05, 0.1) is 0 Å². The van der Waals surface area contributed by atoms with Crippen molar-refractivity contribution in [2.45, 2.75) is 46.6 Å². The van der Waals surface area contributed by atoms with Gasteiger partial charge in [-0.15, -0.1) is 0 Å². The second kappa shape index (κ2) is 7.48. The SMILES string of the molecule is CC12CCC(C/C1=N/NC(=O)COC(=O)c1ccccc1OC(F)F)C2(C)C. The molecule has 152 valence electrons. The second-order valence-electron chi connectivity index (χ2n) is 8.04. The van der Waals surface area contributed by atoms with Crippen molar-refractivity contribution >= 4 is 17.6 Å². The van der Waals surface area contributed by atoms with E-state index in [1.807, 2.05) is 0 Å². The zero-order chi connectivity index (χ0) is 20.5. The Kier molecular flexibility index (Phi) is 5.41. The van der Waals surface area contributed by atoms with Crippen LogP contribution in [0.1, 0.15) is 50.4 Å². The van der Waals surface area contributed by atoms with E-state index in [0.29, 0.717) is 5.92 Å². The second-order valence-corrected chi connectivity index (χ2v) is 8.04. The van der Waals surface area contributed by atoms with E-state index >= 15 is 0 Å². The van der Waals surface area contributed by atoms with Gasteiger partial charge in [-0.2, -0.15) is 13.9 Å². The number of rotatable bonds is 6. The Balaban J connectivity index is 1.57. The molecular weight excluding hydrogens is 370 g/mol. The lowest BCUT2D eigenvalue weighted by Crippen LogP contribution is -2.35. The molecule has 0 aromatic heterocycles. The van der Waals surface area contributed by atoms with Gasteiger partial charge in [0.25, 0.3) is 5.91 Å². The molecule has 1 aromatic carbocycles. The molecule has 2 aliphatic rings. The summed E-state index contributed by atoms with van der Waals surface area (Å²) in [6.45, 7) is 3.00. The van der Waals surface area contributed by atoms with Crippen molar-refractivity contribution in [3.8, 4) is 5.75 Å². The van der Waals surface area contributed by atoms with Gasteiger partial charge in [0.1, 0.15) is 11.3 Å². The lowest BCUT2D eigenvalue weighted by molar-refractivity contribution is -0.124. The van der Waals surface area contributed by atoms with E-state index in [-0.39, 0.29) is 22.1 Å². The summed E-state index contributed by atoms with van der Waals surface area (Å²) in [5.74, 6) is -1.26. The van der Waals surface area contributed by atoms with Crippen molar-refractivity contribution in [1.29, 1.82) is 0 Å². The first-order valence-corrected chi connectivity index (χ1v) is 9.22. The van der Waals surface area contributed by atoms with Crippen LogP contribution in [0.15, 0.2) is 29.4 Å². The number of nitrogens with zero attached hydrogens (tertiary/aromatic N) is 1. The molecule has 0 radical (unpaired) electrons. The molecular formula is C20H24F2N2O4. The molecule has 2 unspecified atom stereocenters. The number of hydrogen-bond acceptors (Lipinski definition) is 5. The van der Waals surface area contributed by atoms with E-state index in [1.165, 1.54) is 24.3 Å². The molecule has 1 amide bonds. The average Bonchev–Trinajstić information content (AvgIpc) is 2.97. The number of alkyl halides is 2. The lowest BCUT2D eigenvalue weighted by atomic mass is 9.70. The van der Waals surface area contributed by atoms with Gasteiger partial charge in [-0.3, -0.25) is 4.79 Å². The Hall–Kier alpha value is -2.51. The van der Waals surface area contributed by atoms with Crippen molar-refractivity contribution in [1.82, 2.24) is 5.43 Å². The van der Waals surface area contributed by atoms with Crippen molar-refractivity contribution in [2.75, 3.05) is 6.61 Å². The summed E-state index contributed by atoms with van der Waals surface area (Å²) in [6, 6.07) is 5.45. The van der Waals surface area contributed by atoms with Crippen LogP contribution in [-0.2, 0) is 9.53 Å². The summed E-state index contributed by atoms with van der Waals surface area (Å²) in [5.41, 5.74) is 3.32. The van der Waals surface area contributed by atoms with Crippen LogP contribution in [0, 0.1) is 16.7 Å². The predicted octanol–water partition coefficient (Wildman–Crippen LogP) is 3.76. The van der Waals surface area contributed by atoms with Crippen LogP contribution in [0.25, 0.3) is 0 Å². The zero-order valence-electron chi connectivity index (χ0n) is 16.1. The van der Waals surface area contributed by atoms with Crippen LogP contribution in [0.2, 0.25) is 0 Å². The van der Waals surface area contributed by atoms with Gasteiger partial charge in [-0.1, -0.05) is 32.9 Å². The Morgan fingerprint density at radius 1 is 1.29 bits per heavy atom. The van der Waals surface area contributed by atoms with Crippen molar-refractivity contribution in [2.24, 2.45) is 21.8 Å². The molecule has 2 atom stereocenters. The van der Waals surface area contributed by atoms with E-state index in [9.17, 15) is 18.4 Å². The van der Waals surface area contributed by atoms with Crippen LogP contribution < -0.4 is 10.2 Å². The summed E-state index contributed by atoms with van der Waals surface area (Å²) < 4.78 is 34.0. The van der Waals surface area contributed by atoms with Crippen LogP contribution in [0.5, 0.6) is 5.75 Å². The van der Waals surface area contributed by atoms with Crippen molar-refractivity contribution in [3.63, 3.8) is 0 Å². The molecule has 1 aromatic rings. The first kappa shape index (κ1) is 20.2. The number of nitrogens with one attached hydrogen (secondary N) is 1. The fourth-order valence-electron chi connectivity index (χ4n) is 4.30. The molecule has 2 fully saturated rings. The Labute approximate surface area is 162 Å². The van der Waals surface area contributed by atoms with Gasteiger partial charge >= 0.3 is 12.6 Å². The fraction of sp³-hybridized carbons (Fsp3) is 0.550. The van der Waals surface area contributed by atoms with Crippen LogP contribution in [0.3, 0.4) is 0 Å². The van der Waals surface area contributed by atoms with E-state index in [4.69, 9.17) is 4.74 Å². The van der Waals surface area contributed by atoms with Crippen molar-refractivity contribution < 1.29 is 27.8 Å². The van der Waals surface area contributed by atoms with Gasteiger partial charge in [-0.25, -0.2) is 10.2 Å². The molecule has 2 bridgehead atoms. The molecule has 3 rings (SSSR count). The molecule has 0 heterocycles. The number of ether oxygens (including phenoxy) is 2. The minimum atomic E-state index is -3.07. The summed E-state index contributed by atoms with van der Waals surface area (Å²) in [5, 5.41) is 4.28. The molecule has 0 aliphatic heterocycles. The van der Waals surface area contributed by atoms with Crippen LogP contribution >= 0.6 is 0 Å². The number of benzene rings is 1. The van der Waals surface area contributed by atoms with Gasteiger partial charge in [0.15, 0.2) is 6.61 Å². The van der Waals surface area contributed by atoms with E-state index in [2.05, 4.69) is 36.0 Å². The van der Waals surface area contributed by atoms with E-state index in [1.54, 1.807) is 0 Å². The monoisotopic (exact) mass is 394 g/mol. The van der Waals surface area contributed by atoms with E-state index < -0.39 is 25.1 Å². The number of para-hydroxylation sites is 1.